The van der Waals surface area contributed by atoms with Crippen LogP contribution in [0.3, 0.4) is 0 Å². The van der Waals surface area contributed by atoms with Gasteiger partial charge in [0.1, 0.15) is 18.0 Å². The lowest BCUT2D eigenvalue weighted by Gasteiger charge is -2.37. The molecule has 0 N–H and O–H groups in total. The first kappa shape index (κ1) is 25.7. The van der Waals surface area contributed by atoms with Gasteiger partial charge in [0.25, 0.3) is 0 Å². The van der Waals surface area contributed by atoms with Gasteiger partial charge in [-0.25, -0.2) is 23.4 Å². The van der Waals surface area contributed by atoms with E-state index in [-0.39, 0.29) is 22.6 Å². The molecule has 0 radical (unpaired) electrons. The Morgan fingerprint density at radius 1 is 1.18 bits per heavy atom. The summed E-state index contributed by atoms with van der Waals surface area (Å²) in [6.07, 6.45) is 5.46. The minimum atomic E-state index is -2.13. The first-order valence-electron chi connectivity index (χ1n) is 12.9. The average Bonchev–Trinajstić information content (AvgIpc) is 3.53. The molecule has 202 valence electrons. The highest BCUT2D eigenvalue weighted by atomic mass is 32.2. The van der Waals surface area contributed by atoms with Crippen molar-refractivity contribution in [2.24, 2.45) is 5.41 Å². The second-order valence-corrected chi connectivity index (χ2v) is 14.2. The largest absolute Gasteiger partial charge is 0.268 e. The van der Waals surface area contributed by atoms with Crippen LogP contribution in [-0.2, 0) is 21.4 Å². The monoisotopic (exact) mass is 548 g/mol. The van der Waals surface area contributed by atoms with Crippen LogP contribution >= 0.6 is 0 Å². The Bertz CT molecular complexity index is 1730. The van der Waals surface area contributed by atoms with Crippen LogP contribution in [0.15, 0.2) is 42.7 Å². The molecule has 2 aliphatic carbocycles. The quantitative estimate of drug-likeness (QED) is 0.322. The van der Waals surface area contributed by atoms with Gasteiger partial charge in [0.05, 0.1) is 28.1 Å². The molecule has 3 heterocycles. The van der Waals surface area contributed by atoms with Gasteiger partial charge in [0.2, 0.25) is 0 Å². The van der Waals surface area contributed by atoms with Gasteiger partial charge in [0.15, 0.2) is 11.6 Å². The van der Waals surface area contributed by atoms with Crippen molar-refractivity contribution in [2.45, 2.75) is 51.4 Å². The van der Waals surface area contributed by atoms with Crippen molar-refractivity contribution in [3.63, 3.8) is 0 Å². The highest BCUT2D eigenvalue weighted by Crippen LogP contribution is 2.69. The number of benzene rings is 1. The zero-order valence-electron chi connectivity index (χ0n) is 22.4. The van der Waals surface area contributed by atoms with Gasteiger partial charge in [-0.2, -0.15) is 5.10 Å². The smallest absolute Gasteiger partial charge is 0.155 e. The van der Waals surface area contributed by atoms with Crippen molar-refractivity contribution < 1.29 is 13.0 Å². The molecule has 6 rings (SSSR count). The van der Waals surface area contributed by atoms with Gasteiger partial charge in [-0.3, -0.25) is 4.21 Å². The Morgan fingerprint density at radius 2 is 1.97 bits per heavy atom. The van der Waals surface area contributed by atoms with Crippen LogP contribution in [0.1, 0.15) is 60.9 Å². The number of hydrogen-bond donors (Lipinski definition) is 0. The van der Waals surface area contributed by atoms with Gasteiger partial charge < -0.3 is 0 Å². The van der Waals surface area contributed by atoms with E-state index >= 15 is 0 Å². The van der Waals surface area contributed by atoms with Crippen molar-refractivity contribution >= 4 is 15.4 Å². The van der Waals surface area contributed by atoms with Crippen molar-refractivity contribution in [2.75, 3.05) is 12.0 Å². The fourth-order valence-electron chi connectivity index (χ4n) is 6.52. The molecule has 1 aromatic carbocycles. The molecular formula is C29H30F2N6OS. The summed E-state index contributed by atoms with van der Waals surface area (Å²) in [7, 11) is -2.13. The first-order valence-corrected chi connectivity index (χ1v) is 15.2. The van der Waals surface area contributed by atoms with Gasteiger partial charge in [-0.1, -0.05) is 26.0 Å². The van der Waals surface area contributed by atoms with E-state index in [0.29, 0.717) is 29.4 Å². The summed E-state index contributed by atoms with van der Waals surface area (Å²) in [4.78, 5) is 9.40. The summed E-state index contributed by atoms with van der Waals surface area (Å²) in [5, 5.41) is 13.5. The van der Waals surface area contributed by atoms with E-state index in [4.69, 9.17) is 4.98 Å². The fourth-order valence-corrected chi connectivity index (χ4v) is 7.14. The van der Waals surface area contributed by atoms with Gasteiger partial charge in [-0.05, 0) is 81.9 Å². The average molecular weight is 549 g/mol. The molecule has 39 heavy (non-hydrogen) atoms. The van der Waals surface area contributed by atoms with Crippen molar-refractivity contribution in [3.05, 3.63) is 82.7 Å². The predicted octanol–water partition coefficient (Wildman–Crippen LogP) is 4.80. The van der Waals surface area contributed by atoms with E-state index in [0.717, 1.165) is 29.8 Å². The Balaban J connectivity index is 1.42. The van der Waals surface area contributed by atoms with E-state index in [1.807, 2.05) is 24.3 Å². The molecule has 3 aromatic heterocycles. The maximum atomic E-state index is 14.9. The Kier molecular flexibility index (Phi) is 5.77. The third-order valence-corrected chi connectivity index (χ3v) is 9.69. The van der Waals surface area contributed by atoms with E-state index in [9.17, 15) is 13.0 Å². The van der Waals surface area contributed by atoms with E-state index in [1.54, 1.807) is 24.2 Å². The third kappa shape index (κ3) is 3.91. The van der Waals surface area contributed by atoms with E-state index in [2.05, 4.69) is 40.0 Å². The highest BCUT2D eigenvalue weighted by Gasteiger charge is 2.65. The standard InChI is InChI=1S/C29H30F2N6OS/c1-17-9-10-20(30)25(26(17)31)21-15-18-19-11-13-29(28(19,2)3,27(18)35-34-21)22-7-6-8-24(33-22)37-16-32-23(36-37)12-14-39(4,5)38/h6-10,15-16,19H,4,11-14H2,1-3,5H3/t19-,29-,39?/m0/s1. The number of rotatable bonds is 6. The number of halogens is 2. The van der Waals surface area contributed by atoms with Gasteiger partial charge in [-0.15, -0.1) is 10.2 Å². The van der Waals surface area contributed by atoms with Crippen LogP contribution in [0, 0.1) is 24.0 Å². The lowest BCUT2D eigenvalue weighted by molar-refractivity contribution is 0.242. The molecule has 0 amide bonds. The molecule has 2 bridgehead atoms. The summed E-state index contributed by atoms with van der Waals surface area (Å²) in [5.41, 5.74) is 2.32. The number of nitrogens with zero attached hydrogens (tertiary/aromatic N) is 6. The third-order valence-electron chi connectivity index (χ3n) is 8.63. The lowest BCUT2D eigenvalue weighted by atomic mass is 9.66. The minimum Gasteiger partial charge on any atom is -0.268 e. The molecule has 1 fully saturated rings. The van der Waals surface area contributed by atoms with E-state index < -0.39 is 26.6 Å². The Hall–Kier alpha value is -3.53. The molecule has 7 nitrogen and oxygen atoms in total. The highest BCUT2D eigenvalue weighted by molar-refractivity contribution is 7.99. The van der Waals surface area contributed by atoms with Crippen LogP contribution < -0.4 is 0 Å². The maximum Gasteiger partial charge on any atom is 0.155 e. The van der Waals surface area contributed by atoms with Crippen LogP contribution in [0.2, 0.25) is 0 Å². The Morgan fingerprint density at radius 3 is 2.74 bits per heavy atom. The predicted molar refractivity (Wildman–Crippen MR) is 148 cm³/mol. The fraction of sp³-hybridized carbons (Fsp3) is 0.379. The molecule has 0 saturated heterocycles. The Labute approximate surface area is 226 Å². The van der Waals surface area contributed by atoms with Crippen LogP contribution in [0.4, 0.5) is 8.78 Å². The summed E-state index contributed by atoms with van der Waals surface area (Å²) >= 11 is 0. The molecule has 1 saturated carbocycles. The number of aromatic nitrogens is 6. The molecule has 1 unspecified atom stereocenters. The summed E-state index contributed by atoms with van der Waals surface area (Å²) < 4.78 is 43.3. The lowest BCUT2D eigenvalue weighted by Crippen LogP contribution is -2.38. The van der Waals surface area contributed by atoms with Crippen molar-refractivity contribution in [3.8, 4) is 17.1 Å². The molecule has 0 spiro atoms. The molecule has 2 aliphatic rings. The van der Waals surface area contributed by atoms with Gasteiger partial charge >= 0.3 is 0 Å². The number of fused-ring (bicyclic) bond motifs is 5. The summed E-state index contributed by atoms with van der Waals surface area (Å²) in [6.45, 7) is 6.03. The van der Waals surface area contributed by atoms with E-state index in [1.165, 1.54) is 12.1 Å². The number of aryl methyl sites for hydroxylation is 2. The number of hydrogen-bond acceptors (Lipinski definition) is 6. The molecule has 0 aliphatic heterocycles. The normalized spacial score (nSPS) is 22.6. The molecule has 10 heteroatoms. The summed E-state index contributed by atoms with van der Waals surface area (Å²) in [6, 6.07) is 10.3. The summed E-state index contributed by atoms with van der Waals surface area (Å²) in [5.74, 6) is 4.20. The zero-order valence-corrected chi connectivity index (χ0v) is 23.2. The van der Waals surface area contributed by atoms with Crippen LogP contribution in [-0.4, -0.2) is 52.0 Å². The van der Waals surface area contributed by atoms with Crippen LogP contribution in [0.5, 0.6) is 0 Å². The van der Waals surface area contributed by atoms with Crippen molar-refractivity contribution in [1.29, 1.82) is 0 Å². The van der Waals surface area contributed by atoms with Gasteiger partial charge in [0, 0.05) is 18.4 Å². The zero-order chi connectivity index (χ0) is 27.7. The minimum absolute atomic E-state index is 0.139. The van der Waals surface area contributed by atoms with Crippen LogP contribution in [0.25, 0.3) is 17.1 Å². The SMILES string of the molecule is C=S(C)(=O)CCc1ncn(-c2cccc([C@@]34CC[C@@H](c5cc(-c6c(F)ccc(C)c6F)nnc53)C4(C)C)n2)n1. The molecular weight excluding hydrogens is 518 g/mol. The molecule has 4 aromatic rings. The first-order chi connectivity index (χ1) is 18.4. The van der Waals surface area contributed by atoms with Crippen molar-refractivity contribution in [1.82, 2.24) is 29.9 Å². The topological polar surface area (TPSA) is 86.5 Å². The maximum absolute atomic E-state index is 14.9. The molecule has 3 atom stereocenters. The number of pyridine rings is 1. The second kappa shape index (κ2) is 8.74. The second-order valence-electron chi connectivity index (χ2n) is 11.4.